The predicted molar refractivity (Wildman–Crippen MR) is 77.3 cm³/mol. The van der Waals surface area contributed by atoms with Gasteiger partial charge in [-0.1, -0.05) is 11.6 Å². The van der Waals surface area contributed by atoms with Gasteiger partial charge < -0.3 is 9.84 Å². The Morgan fingerprint density at radius 3 is 2.65 bits per heavy atom. The minimum atomic E-state index is -1.22. The van der Waals surface area contributed by atoms with Gasteiger partial charge >= 0.3 is 5.97 Å². The Morgan fingerprint density at radius 1 is 1.35 bits per heavy atom. The summed E-state index contributed by atoms with van der Waals surface area (Å²) >= 11 is 8.81. The quantitative estimate of drug-likeness (QED) is 0.835. The molecule has 2 aromatic carbocycles. The summed E-state index contributed by atoms with van der Waals surface area (Å²) in [4.78, 5) is 10.9. The van der Waals surface area contributed by atoms with Crippen LogP contribution in [-0.2, 0) is 0 Å². The van der Waals surface area contributed by atoms with Crippen LogP contribution in [0.15, 0.2) is 34.8 Å². The Hall–Kier alpha value is -1.59. The number of ether oxygens (including phenoxy) is 1. The Kier molecular flexibility index (Phi) is 4.30. The Bertz CT molecular complexity index is 688. The lowest BCUT2D eigenvalue weighted by Crippen LogP contribution is -2.00. The third-order valence-electron chi connectivity index (χ3n) is 2.63. The second-order valence-electron chi connectivity index (χ2n) is 4.06. The van der Waals surface area contributed by atoms with Crippen LogP contribution in [0.1, 0.15) is 15.9 Å². The summed E-state index contributed by atoms with van der Waals surface area (Å²) in [5.74, 6) is -1.63. The van der Waals surface area contributed by atoms with Gasteiger partial charge in [0.05, 0.1) is 10.0 Å². The molecule has 0 heterocycles. The fourth-order valence-corrected chi connectivity index (χ4v) is 2.20. The molecule has 0 aliphatic carbocycles. The van der Waals surface area contributed by atoms with Crippen molar-refractivity contribution in [2.24, 2.45) is 0 Å². The number of halogens is 3. The van der Waals surface area contributed by atoms with Crippen LogP contribution in [-0.4, -0.2) is 11.1 Å². The van der Waals surface area contributed by atoms with Gasteiger partial charge in [0.2, 0.25) is 0 Å². The van der Waals surface area contributed by atoms with E-state index in [1.807, 2.05) is 0 Å². The lowest BCUT2D eigenvalue weighted by Gasteiger charge is -2.10. The maximum atomic E-state index is 14.0. The van der Waals surface area contributed by atoms with Crippen LogP contribution in [0.25, 0.3) is 0 Å². The van der Waals surface area contributed by atoms with Gasteiger partial charge in [0.15, 0.2) is 11.6 Å². The minimum Gasteiger partial charge on any atom is -0.478 e. The van der Waals surface area contributed by atoms with Gasteiger partial charge in [0, 0.05) is 5.02 Å². The van der Waals surface area contributed by atoms with Crippen molar-refractivity contribution in [3.63, 3.8) is 0 Å². The van der Waals surface area contributed by atoms with Gasteiger partial charge in [-0.25, -0.2) is 9.18 Å². The van der Waals surface area contributed by atoms with Crippen LogP contribution in [0.3, 0.4) is 0 Å². The highest BCUT2D eigenvalue weighted by molar-refractivity contribution is 9.10. The number of rotatable bonds is 3. The summed E-state index contributed by atoms with van der Waals surface area (Å²) in [6.45, 7) is 1.80. The number of hydrogen-bond donors (Lipinski definition) is 1. The third kappa shape index (κ3) is 2.94. The topological polar surface area (TPSA) is 46.5 Å². The first-order valence-electron chi connectivity index (χ1n) is 5.55. The zero-order valence-corrected chi connectivity index (χ0v) is 12.6. The SMILES string of the molecule is Cc1cc(Oc2ccc(C(=O)O)c(Br)c2F)ccc1Cl. The molecular formula is C14H9BrClFO3. The average molecular weight is 360 g/mol. The number of aromatic carboxylic acids is 1. The van der Waals surface area contributed by atoms with E-state index in [1.54, 1.807) is 25.1 Å². The van der Waals surface area contributed by atoms with E-state index in [-0.39, 0.29) is 15.8 Å². The predicted octanol–water partition coefficient (Wildman–Crippen LogP) is 5.04. The monoisotopic (exact) mass is 358 g/mol. The molecule has 0 saturated carbocycles. The van der Waals surface area contributed by atoms with Crippen molar-refractivity contribution in [3.8, 4) is 11.5 Å². The van der Waals surface area contributed by atoms with Crippen molar-refractivity contribution < 1.29 is 19.0 Å². The molecule has 0 aliphatic rings. The Labute approximate surface area is 128 Å². The van der Waals surface area contributed by atoms with E-state index in [2.05, 4.69) is 15.9 Å². The normalized spacial score (nSPS) is 10.4. The van der Waals surface area contributed by atoms with Crippen molar-refractivity contribution in [3.05, 3.63) is 56.8 Å². The lowest BCUT2D eigenvalue weighted by molar-refractivity contribution is 0.0695. The summed E-state index contributed by atoms with van der Waals surface area (Å²) in [5.41, 5.74) is 0.632. The van der Waals surface area contributed by atoms with Crippen LogP contribution in [0.4, 0.5) is 4.39 Å². The summed E-state index contributed by atoms with van der Waals surface area (Å²) in [7, 11) is 0. The molecule has 104 valence electrons. The van der Waals surface area contributed by atoms with E-state index in [1.165, 1.54) is 12.1 Å². The molecular weight excluding hydrogens is 351 g/mol. The molecule has 0 radical (unpaired) electrons. The highest BCUT2D eigenvalue weighted by Crippen LogP contribution is 2.32. The molecule has 0 atom stereocenters. The molecule has 2 rings (SSSR count). The average Bonchev–Trinajstić information content (AvgIpc) is 2.39. The van der Waals surface area contributed by atoms with E-state index in [9.17, 15) is 9.18 Å². The fraction of sp³-hybridized carbons (Fsp3) is 0.0714. The molecule has 0 aromatic heterocycles. The lowest BCUT2D eigenvalue weighted by atomic mass is 10.2. The Balaban J connectivity index is 2.37. The van der Waals surface area contributed by atoms with Crippen LogP contribution in [0, 0.1) is 12.7 Å². The number of benzene rings is 2. The first-order valence-corrected chi connectivity index (χ1v) is 6.72. The molecule has 0 amide bonds. The molecule has 0 saturated heterocycles. The van der Waals surface area contributed by atoms with E-state index < -0.39 is 11.8 Å². The van der Waals surface area contributed by atoms with E-state index >= 15 is 0 Å². The van der Waals surface area contributed by atoms with E-state index in [0.717, 1.165) is 5.56 Å². The maximum Gasteiger partial charge on any atom is 0.336 e. The number of aryl methyl sites for hydroxylation is 1. The molecule has 0 bridgehead atoms. The zero-order chi connectivity index (χ0) is 14.9. The third-order valence-corrected chi connectivity index (χ3v) is 3.83. The summed E-state index contributed by atoms with van der Waals surface area (Å²) in [6, 6.07) is 7.46. The summed E-state index contributed by atoms with van der Waals surface area (Å²) < 4.78 is 19.3. The van der Waals surface area contributed by atoms with Crippen molar-refractivity contribution in [1.82, 2.24) is 0 Å². The Morgan fingerprint density at radius 2 is 2.05 bits per heavy atom. The molecule has 0 fully saturated rings. The van der Waals surface area contributed by atoms with Gasteiger partial charge in [-0.2, -0.15) is 0 Å². The van der Waals surface area contributed by atoms with E-state index in [4.69, 9.17) is 21.4 Å². The highest BCUT2D eigenvalue weighted by Gasteiger charge is 2.17. The molecule has 6 heteroatoms. The number of hydrogen-bond acceptors (Lipinski definition) is 2. The minimum absolute atomic E-state index is 0.0661. The zero-order valence-electron chi connectivity index (χ0n) is 10.3. The number of carbonyl (C=O) groups is 1. The highest BCUT2D eigenvalue weighted by atomic mass is 79.9. The number of carboxylic acid groups (broad SMARTS) is 1. The number of carboxylic acids is 1. The van der Waals surface area contributed by atoms with Gasteiger partial charge in [0.1, 0.15) is 5.75 Å². The van der Waals surface area contributed by atoms with Crippen molar-refractivity contribution in [1.29, 1.82) is 0 Å². The van der Waals surface area contributed by atoms with Gasteiger partial charge in [0.25, 0.3) is 0 Å². The summed E-state index contributed by atoms with van der Waals surface area (Å²) in [5, 5.41) is 9.47. The standard InChI is InChI=1S/C14H9BrClFO3/c1-7-6-8(2-4-10(7)16)20-11-5-3-9(14(18)19)12(15)13(11)17/h2-6H,1H3,(H,18,19). The van der Waals surface area contributed by atoms with Crippen molar-refractivity contribution in [2.45, 2.75) is 6.92 Å². The molecule has 2 aromatic rings. The molecule has 0 spiro atoms. The van der Waals surface area contributed by atoms with Crippen LogP contribution in [0.5, 0.6) is 11.5 Å². The molecule has 3 nitrogen and oxygen atoms in total. The van der Waals surface area contributed by atoms with Crippen molar-refractivity contribution >= 4 is 33.5 Å². The van der Waals surface area contributed by atoms with Crippen LogP contribution >= 0.6 is 27.5 Å². The van der Waals surface area contributed by atoms with Gasteiger partial charge in [-0.05, 0) is 58.7 Å². The summed E-state index contributed by atoms with van der Waals surface area (Å²) in [6.07, 6.45) is 0. The second-order valence-corrected chi connectivity index (χ2v) is 5.26. The van der Waals surface area contributed by atoms with Crippen LogP contribution < -0.4 is 4.74 Å². The van der Waals surface area contributed by atoms with E-state index in [0.29, 0.717) is 10.8 Å². The molecule has 0 aliphatic heterocycles. The molecule has 20 heavy (non-hydrogen) atoms. The first-order chi connectivity index (χ1) is 9.40. The van der Waals surface area contributed by atoms with Gasteiger partial charge in [-0.15, -0.1) is 0 Å². The van der Waals surface area contributed by atoms with Gasteiger partial charge in [-0.3, -0.25) is 0 Å². The maximum absolute atomic E-state index is 14.0. The van der Waals surface area contributed by atoms with Crippen LogP contribution in [0.2, 0.25) is 5.02 Å². The van der Waals surface area contributed by atoms with Crippen molar-refractivity contribution in [2.75, 3.05) is 0 Å². The first kappa shape index (κ1) is 14.8. The fourth-order valence-electron chi connectivity index (χ4n) is 1.58. The smallest absolute Gasteiger partial charge is 0.336 e. The second kappa shape index (κ2) is 5.81. The molecule has 1 N–H and O–H groups in total. The largest absolute Gasteiger partial charge is 0.478 e. The molecule has 0 unspecified atom stereocenters.